The third-order valence-electron chi connectivity index (χ3n) is 13.1. The molecule has 9 unspecified atom stereocenters. The molecule has 9 atom stereocenters. The van der Waals surface area contributed by atoms with Gasteiger partial charge in [0, 0.05) is 0 Å². The zero-order valence-electron chi connectivity index (χ0n) is 40.6. The summed E-state index contributed by atoms with van der Waals surface area (Å²) in [7, 11) is 0. The first-order valence-electron chi connectivity index (χ1n) is 26.6. The number of hydrogen-bond donors (Lipinski definition) is 8. The van der Waals surface area contributed by atoms with Crippen LogP contribution in [0.4, 0.5) is 0 Å². The Hall–Kier alpha value is -1.15. The second-order valence-electron chi connectivity index (χ2n) is 19.0. The molecule has 0 aliphatic carbocycles. The number of aliphatic hydroxyl groups excluding tert-OH is 7. The van der Waals surface area contributed by atoms with Gasteiger partial charge >= 0.3 is 0 Å². The molecule has 0 aromatic carbocycles. The molecule has 0 spiro atoms. The number of carbonyl (C=O) groups is 1. The third kappa shape index (κ3) is 31.5. The Kier molecular flexibility index (Phi) is 40.1. The number of hydrogen-bond acceptors (Lipinski definition) is 10. The second-order valence-corrected chi connectivity index (χ2v) is 19.0. The summed E-state index contributed by atoms with van der Waals surface area (Å²) in [5, 5.41) is 75.9. The molecule has 1 fully saturated rings. The van der Waals surface area contributed by atoms with E-state index in [1.54, 1.807) is 0 Å². The molecule has 1 amide bonds. The number of allylic oxidation sites excluding steroid dienone is 2. The topological polar surface area (TPSA) is 189 Å². The highest BCUT2D eigenvalue weighted by Gasteiger charge is 2.44. The van der Waals surface area contributed by atoms with Crippen LogP contribution in [-0.4, -0.2) is 110 Å². The van der Waals surface area contributed by atoms with Crippen LogP contribution in [0.3, 0.4) is 0 Å². The largest absolute Gasteiger partial charge is 0.394 e. The molecule has 8 N–H and O–H groups in total. The molecular weight excluding hydrogens is 799 g/mol. The average molecular weight is 900 g/mol. The molecule has 0 radical (unpaired) electrons. The predicted molar refractivity (Wildman–Crippen MR) is 256 cm³/mol. The van der Waals surface area contributed by atoms with Gasteiger partial charge in [-0.1, -0.05) is 219 Å². The van der Waals surface area contributed by atoms with Crippen LogP contribution in [0, 0.1) is 0 Å². The molecule has 0 aromatic rings. The van der Waals surface area contributed by atoms with Crippen LogP contribution < -0.4 is 5.32 Å². The Morgan fingerprint density at radius 3 is 1.37 bits per heavy atom. The molecule has 1 saturated heterocycles. The van der Waals surface area contributed by atoms with E-state index in [4.69, 9.17) is 9.47 Å². The van der Waals surface area contributed by atoms with Crippen LogP contribution in [0.25, 0.3) is 0 Å². The Bertz CT molecular complexity index is 1030. The molecule has 1 heterocycles. The molecule has 0 aromatic heterocycles. The summed E-state index contributed by atoms with van der Waals surface area (Å²) in [4.78, 5) is 13.1. The lowest BCUT2D eigenvalue weighted by molar-refractivity contribution is -0.303. The van der Waals surface area contributed by atoms with E-state index in [9.17, 15) is 40.5 Å². The normalized spacial score (nSPS) is 21.2. The first kappa shape index (κ1) is 59.9. The van der Waals surface area contributed by atoms with Crippen molar-refractivity contribution in [2.75, 3.05) is 13.2 Å². The smallest absolute Gasteiger partial charge is 0.249 e. The molecule has 374 valence electrons. The first-order chi connectivity index (χ1) is 30.7. The summed E-state index contributed by atoms with van der Waals surface area (Å²) in [5.41, 5.74) is 0. The first-order valence-corrected chi connectivity index (χ1v) is 26.6. The highest BCUT2D eigenvalue weighted by atomic mass is 16.7. The monoisotopic (exact) mass is 900 g/mol. The Balaban J connectivity index is 2.38. The molecule has 0 bridgehead atoms. The third-order valence-corrected chi connectivity index (χ3v) is 13.1. The maximum atomic E-state index is 13.1. The van der Waals surface area contributed by atoms with Crippen molar-refractivity contribution in [3.63, 3.8) is 0 Å². The van der Waals surface area contributed by atoms with E-state index in [0.29, 0.717) is 12.8 Å². The summed E-state index contributed by atoms with van der Waals surface area (Å²) < 4.78 is 11.1. The van der Waals surface area contributed by atoms with Crippen molar-refractivity contribution < 1.29 is 50.0 Å². The SMILES string of the molecule is CCCCCCCCCCCCCCCCCC/C=C/CCCC(O)C(O)C(COC1OC(CO)C(O)C(O)C1O)NC(=O)C(O)CCCCCCCCCCCCCCCCC. The van der Waals surface area contributed by atoms with Gasteiger partial charge in [0.05, 0.1) is 25.4 Å². The van der Waals surface area contributed by atoms with Crippen LogP contribution in [0.5, 0.6) is 0 Å². The van der Waals surface area contributed by atoms with Crippen LogP contribution in [0.15, 0.2) is 12.2 Å². The quantitative estimate of drug-likeness (QED) is 0.0216. The number of nitrogens with one attached hydrogen (secondary N) is 1. The molecule has 0 saturated carbocycles. The summed E-state index contributed by atoms with van der Waals surface area (Å²) in [6.45, 7) is 3.46. The van der Waals surface area contributed by atoms with Gasteiger partial charge in [-0.3, -0.25) is 4.79 Å². The lowest BCUT2D eigenvalue weighted by Gasteiger charge is -2.40. The summed E-state index contributed by atoms with van der Waals surface area (Å²) in [6, 6.07) is -1.18. The van der Waals surface area contributed by atoms with Crippen molar-refractivity contribution in [2.24, 2.45) is 0 Å². The fraction of sp³-hybridized carbons (Fsp3) is 0.942. The molecule has 11 nitrogen and oxygen atoms in total. The Morgan fingerprint density at radius 2 is 0.937 bits per heavy atom. The zero-order valence-corrected chi connectivity index (χ0v) is 40.6. The van der Waals surface area contributed by atoms with E-state index < -0.39 is 74.2 Å². The van der Waals surface area contributed by atoms with E-state index in [2.05, 4.69) is 31.3 Å². The minimum Gasteiger partial charge on any atom is -0.394 e. The van der Waals surface area contributed by atoms with E-state index >= 15 is 0 Å². The van der Waals surface area contributed by atoms with Crippen LogP contribution in [0.2, 0.25) is 0 Å². The minimum atomic E-state index is -1.66. The van der Waals surface area contributed by atoms with Crippen molar-refractivity contribution in [2.45, 2.75) is 300 Å². The second kappa shape index (κ2) is 42.2. The van der Waals surface area contributed by atoms with E-state index in [1.807, 2.05) is 0 Å². The number of aliphatic hydroxyl groups is 7. The fourth-order valence-electron chi connectivity index (χ4n) is 8.68. The number of amides is 1. The van der Waals surface area contributed by atoms with Crippen molar-refractivity contribution >= 4 is 5.91 Å². The van der Waals surface area contributed by atoms with E-state index in [0.717, 1.165) is 38.5 Å². The van der Waals surface area contributed by atoms with E-state index in [-0.39, 0.29) is 12.8 Å². The van der Waals surface area contributed by atoms with Gasteiger partial charge in [-0.2, -0.15) is 0 Å². The predicted octanol–water partition coefficient (Wildman–Crippen LogP) is 10.0. The molecule has 1 rings (SSSR count). The molecular formula is C52H101NO10. The van der Waals surface area contributed by atoms with Crippen LogP contribution >= 0.6 is 0 Å². The molecule has 11 heteroatoms. The Labute approximate surface area is 385 Å². The lowest BCUT2D eigenvalue weighted by Crippen LogP contribution is -2.60. The lowest BCUT2D eigenvalue weighted by atomic mass is 9.98. The summed E-state index contributed by atoms with van der Waals surface area (Å²) in [6.07, 6.45) is 35.5. The van der Waals surface area contributed by atoms with Gasteiger partial charge in [-0.25, -0.2) is 0 Å². The summed E-state index contributed by atoms with van der Waals surface area (Å²) in [5.74, 6) is -0.703. The highest BCUT2D eigenvalue weighted by Crippen LogP contribution is 2.23. The van der Waals surface area contributed by atoms with Crippen molar-refractivity contribution in [1.82, 2.24) is 5.32 Å². The van der Waals surface area contributed by atoms with Gasteiger partial charge in [-0.15, -0.1) is 0 Å². The molecule has 1 aliphatic heterocycles. The van der Waals surface area contributed by atoms with Crippen LogP contribution in [0.1, 0.15) is 245 Å². The van der Waals surface area contributed by atoms with Crippen LogP contribution in [-0.2, 0) is 14.3 Å². The Morgan fingerprint density at radius 1 is 0.540 bits per heavy atom. The zero-order chi connectivity index (χ0) is 46.2. The minimum absolute atomic E-state index is 0.259. The number of unbranched alkanes of at least 4 members (excludes halogenated alkanes) is 31. The van der Waals surface area contributed by atoms with Gasteiger partial charge in [0.25, 0.3) is 0 Å². The molecule has 63 heavy (non-hydrogen) atoms. The van der Waals surface area contributed by atoms with Gasteiger partial charge in [-0.05, 0) is 38.5 Å². The fourth-order valence-corrected chi connectivity index (χ4v) is 8.68. The number of rotatable bonds is 45. The molecule has 1 aliphatic rings. The van der Waals surface area contributed by atoms with Gasteiger partial charge < -0.3 is 50.5 Å². The van der Waals surface area contributed by atoms with Gasteiger partial charge in [0.1, 0.15) is 36.6 Å². The van der Waals surface area contributed by atoms with Gasteiger partial charge in [0.15, 0.2) is 6.29 Å². The maximum absolute atomic E-state index is 13.1. The van der Waals surface area contributed by atoms with Crippen molar-refractivity contribution in [1.29, 1.82) is 0 Å². The van der Waals surface area contributed by atoms with E-state index in [1.165, 1.54) is 167 Å². The van der Waals surface area contributed by atoms with Crippen molar-refractivity contribution in [3.8, 4) is 0 Å². The van der Waals surface area contributed by atoms with Crippen molar-refractivity contribution in [3.05, 3.63) is 12.2 Å². The number of carbonyl (C=O) groups excluding carboxylic acids is 1. The summed E-state index contributed by atoms with van der Waals surface area (Å²) >= 11 is 0. The van der Waals surface area contributed by atoms with Gasteiger partial charge in [0.2, 0.25) is 5.91 Å². The highest BCUT2D eigenvalue weighted by molar-refractivity contribution is 5.80. The maximum Gasteiger partial charge on any atom is 0.249 e. The standard InChI is InChI=1S/C52H101NO10/c1-3-5-7-9-11-13-15-17-19-20-21-22-23-24-26-27-29-31-33-35-37-39-44(55)47(57)43(42-62-52-50(60)49(59)48(58)46(41-54)63-52)53-51(61)45(56)40-38-36-34-32-30-28-25-18-16-14-12-10-8-6-4-2/h31,33,43-50,52,54-60H,3-30,32,34-42H2,1-2H3,(H,53,61)/b33-31+. The number of ether oxygens (including phenoxy) is 2. The average Bonchev–Trinajstić information content (AvgIpc) is 3.28.